The number of rotatable bonds is 5. The molecule has 0 saturated heterocycles. The van der Waals surface area contributed by atoms with Gasteiger partial charge < -0.3 is 18.9 Å². The molecule has 1 aliphatic rings. The molecule has 1 aliphatic heterocycles. The zero-order valence-electron chi connectivity index (χ0n) is 15.0. The van der Waals surface area contributed by atoms with Crippen LogP contribution < -0.4 is 14.2 Å². The summed E-state index contributed by atoms with van der Waals surface area (Å²) in [6, 6.07) is 11.3. The molecular weight excluding hydrogens is 400 g/mol. The second-order valence-corrected chi connectivity index (χ2v) is 7.87. The number of halogens is 1. The molecule has 0 aliphatic carbocycles. The van der Waals surface area contributed by atoms with Gasteiger partial charge in [-0.3, -0.25) is 0 Å². The van der Waals surface area contributed by atoms with Crippen molar-refractivity contribution >= 4 is 21.9 Å². The molecule has 0 saturated carbocycles. The SMILES string of the molecule is CC(C)(C)c1ccc(OCC(=O)OCc2cc3c(cc2Br)OCO3)cc1. The van der Waals surface area contributed by atoms with Crippen molar-refractivity contribution in [2.24, 2.45) is 0 Å². The lowest BCUT2D eigenvalue weighted by Crippen LogP contribution is -2.15. The molecule has 138 valence electrons. The molecule has 0 N–H and O–H groups in total. The van der Waals surface area contributed by atoms with Crippen molar-refractivity contribution in [1.82, 2.24) is 0 Å². The molecular formula is C20H21BrO5. The van der Waals surface area contributed by atoms with E-state index in [1.54, 1.807) is 12.1 Å². The van der Waals surface area contributed by atoms with Crippen molar-refractivity contribution in [2.75, 3.05) is 13.4 Å². The lowest BCUT2D eigenvalue weighted by atomic mass is 9.87. The molecule has 0 spiro atoms. The van der Waals surface area contributed by atoms with Crippen LogP contribution in [0.1, 0.15) is 31.9 Å². The molecule has 3 rings (SSSR count). The molecule has 26 heavy (non-hydrogen) atoms. The van der Waals surface area contributed by atoms with E-state index in [9.17, 15) is 4.79 Å². The van der Waals surface area contributed by atoms with E-state index in [4.69, 9.17) is 18.9 Å². The fraction of sp³-hybridized carbons (Fsp3) is 0.350. The third kappa shape index (κ3) is 4.49. The molecule has 0 radical (unpaired) electrons. The molecule has 1 heterocycles. The van der Waals surface area contributed by atoms with E-state index in [1.807, 2.05) is 24.3 Å². The van der Waals surface area contributed by atoms with Gasteiger partial charge in [-0.1, -0.05) is 48.8 Å². The number of hydrogen-bond acceptors (Lipinski definition) is 5. The van der Waals surface area contributed by atoms with Gasteiger partial charge >= 0.3 is 5.97 Å². The second kappa shape index (κ2) is 7.58. The van der Waals surface area contributed by atoms with E-state index in [2.05, 4.69) is 36.7 Å². The molecule has 5 nitrogen and oxygen atoms in total. The first-order valence-electron chi connectivity index (χ1n) is 8.30. The predicted molar refractivity (Wildman–Crippen MR) is 101 cm³/mol. The number of benzene rings is 2. The van der Waals surface area contributed by atoms with E-state index >= 15 is 0 Å². The van der Waals surface area contributed by atoms with Crippen LogP contribution in [0.3, 0.4) is 0 Å². The molecule has 0 atom stereocenters. The zero-order chi connectivity index (χ0) is 18.7. The van der Waals surface area contributed by atoms with Crippen LogP contribution in [-0.4, -0.2) is 19.4 Å². The summed E-state index contributed by atoms with van der Waals surface area (Å²) in [6.07, 6.45) is 0. The largest absolute Gasteiger partial charge is 0.482 e. The monoisotopic (exact) mass is 420 g/mol. The summed E-state index contributed by atoms with van der Waals surface area (Å²) in [5.74, 6) is 1.53. The van der Waals surface area contributed by atoms with Crippen molar-refractivity contribution in [1.29, 1.82) is 0 Å². The average molecular weight is 421 g/mol. The first kappa shape index (κ1) is 18.6. The van der Waals surface area contributed by atoms with Gasteiger partial charge in [-0.25, -0.2) is 4.79 Å². The highest BCUT2D eigenvalue weighted by atomic mass is 79.9. The summed E-state index contributed by atoms with van der Waals surface area (Å²) in [7, 11) is 0. The van der Waals surface area contributed by atoms with Crippen LogP contribution in [0.15, 0.2) is 40.9 Å². The highest BCUT2D eigenvalue weighted by Crippen LogP contribution is 2.37. The van der Waals surface area contributed by atoms with Gasteiger partial charge in [-0.15, -0.1) is 0 Å². The van der Waals surface area contributed by atoms with Gasteiger partial charge in [0.25, 0.3) is 0 Å². The Morgan fingerprint density at radius 3 is 2.42 bits per heavy atom. The molecule has 6 heteroatoms. The summed E-state index contributed by atoms with van der Waals surface area (Å²) in [5, 5.41) is 0. The van der Waals surface area contributed by atoms with E-state index in [1.165, 1.54) is 5.56 Å². The highest BCUT2D eigenvalue weighted by Gasteiger charge is 2.17. The lowest BCUT2D eigenvalue weighted by molar-refractivity contribution is -0.147. The van der Waals surface area contributed by atoms with E-state index in [0.29, 0.717) is 17.2 Å². The quantitative estimate of drug-likeness (QED) is 0.661. The number of fused-ring (bicyclic) bond motifs is 1. The van der Waals surface area contributed by atoms with E-state index in [0.717, 1.165) is 10.0 Å². The van der Waals surface area contributed by atoms with Gasteiger partial charge in [0.05, 0.1) is 0 Å². The van der Waals surface area contributed by atoms with Crippen LogP contribution >= 0.6 is 15.9 Å². The normalized spacial score (nSPS) is 12.8. The maximum absolute atomic E-state index is 11.9. The van der Waals surface area contributed by atoms with Gasteiger partial charge in [-0.05, 0) is 35.2 Å². The minimum atomic E-state index is -0.436. The minimum Gasteiger partial charge on any atom is -0.482 e. The van der Waals surface area contributed by atoms with Crippen molar-refractivity contribution in [2.45, 2.75) is 32.8 Å². The average Bonchev–Trinajstić information content (AvgIpc) is 3.04. The van der Waals surface area contributed by atoms with Crippen LogP contribution in [-0.2, 0) is 21.6 Å². The fourth-order valence-electron chi connectivity index (χ4n) is 2.46. The van der Waals surface area contributed by atoms with Gasteiger partial charge in [0, 0.05) is 10.0 Å². The van der Waals surface area contributed by atoms with Gasteiger partial charge in [0.2, 0.25) is 6.79 Å². The van der Waals surface area contributed by atoms with E-state index in [-0.39, 0.29) is 25.4 Å². The molecule has 0 aromatic heterocycles. The first-order valence-corrected chi connectivity index (χ1v) is 9.09. The number of carbonyl (C=O) groups excluding carboxylic acids is 1. The van der Waals surface area contributed by atoms with Gasteiger partial charge in [-0.2, -0.15) is 0 Å². The molecule has 0 unspecified atom stereocenters. The smallest absolute Gasteiger partial charge is 0.344 e. The molecule has 2 aromatic rings. The Morgan fingerprint density at radius 1 is 1.12 bits per heavy atom. The van der Waals surface area contributed by atoms with Crippen LogP contribution in [0.4, 0.5) is 0 Å². The van der Waals surface area contributed by atoms with Crippen molar-refractivity contribution in [3.05, 3.63) is 52.0 Å². The third-order valence-corrected chi connectivity index (χ3v) is 4.75. The number of esters is 1. The topological polar surface area (TPSA) is 54.0 Å². The summed E-state index contributed by atoms with van der Waals surface area (Å²) in [6.45, 7) is 6.63. The summed E-state index contributed by atoms with van der Waals surface area (Å²) < 4.78 is 22.2. The van der Waals surface area contributed by atoms with Crippen LogP contribution in [0, 0.1) is 0 Å². The first-order chi connectivity index (χ1) is 12.3. The Bertz CT molecular complexity index is 793. The zero-order valence-corrected chi connectivity index (χ0v) is 16.6. The summed E-state index contributed by atoms with van der Waals surface area (Å²) in [4.78, 5) is 11.9. The second-order valence-electron chi connectivity index (χ2n) is 7.02. The number of carbonyl (C=O) groups is 1. The van der Waals surface area contributed by atoms with Crippen molar-refractivity contribution in [3.8, 4) is 17.2 Å². The Hall–Kier alpha value is -2.21. The van der Waals surface area contributed by atoms with E-state index < -0.39 is 5.97 Å². The molecule has 0 fully saturated rings. The summed E-state index contributed by atoms with van der Waals surface area (Å²) in [5.41, 5.74) is 2.09. The molecule has 0 bridgehead atoms. The van der Waals surface area contributed by atoms with Crippen LogP contribution in [0.2, 0.25) is 0 Å². The number of hydrogen-bond donors (Lipinski definition) is 0. The lowest BCUT2D eigenvalue weighted by Gasteiger charge is -2.19. The molecule has 2 aromatic carbocycles. The maximum atomic E-state index is 11.9. The Balaban J connectivity index is 1.50. The Labute approximate surface area is 161 Å². The van der Waals surface area contributed by atoms with Crippen molar-refractivity contribution in [3.63, 3.8) is 0 Å². The van der Waals surface area contributed by atoms with Crippen LogP contribution in [0.5, 0.6) is 17.2 Å². The van der Waals surface area contributed by atoms with Gasteiger partial charge in [0.15, 0.2) is 18.1 Å². The Morgan fingerprint density at radius 2 is 1.77 bits per heavy atom. The minimum absolute atomic E-state index is 0.0788. The predicted octanol–water partition coefficient (Wildman–Crippen LogP) is 4.60. The third-order valence-electron chi connectivity index (χ3n) is 4.01. The van der Waals surface area contributed by atoms with Crippen LogP contribution in [0.25, 0.3) is 0 Å². The van der Waals surface area contributed by atoms with Gasteiger partial charge in [0.1, 0.15) is 12.4 Å². The number of ether oxygens (including phenoxy) is 4. The highest BCUT2D eigenvalue weighted by molar-refractivity contribution is 9.10. The van der Waals surface area contributed by atoms with Crippen molar-refractivity contribution < 1.29 is 23.7 Å². The fourth-order valence-corrected chi connectivity index (χ4v) is 2.90. The molecule has 0 amide bonds. The maximum Gasteiger partial charge on any atom is 0.344 e. The Kier molecular flexibility index (Phi) is 5.41. The summed E-state index contributed by atoms with van der Waals surface area (Å²) >= 11 is 3.44. The standard InChI is InChI=1S/C20H21BrO5/c1-20(2,3)14-4-6-15(7-5-14)23-11-19(22)24-10-13-8-17-18(9-16(13)21)26-12-25-17/h4-9H,10-12H2,1-3H3.